The van der Waals surface area contributed by atoms with Gasteiger partial charge in [-0.25, -0.2) is 0 Å². The first kappa shape index (κ1) is 17.6. The Morgan fingerprint density at radius 1 is 1.04 bits per heavy atom. The fourth-order valence-corrected chi connectivity index (χ4v) is 4.73. The smallest absolute Gasteiger partial charge is 0.142 e. The minimum absolute atomic E-state index is 0.172. The second-order valence-electron chi connectivity index (χ2n) is 8.42. The minimum atomic E-state index is -0.172. The molecule has 1 atom stereocenters. The molecule has 28 heavy (non-hydrogen) atoms. The first-order valence-electron chi connectivity index (χ1n) is 9.88. The van der Waals surface area contributed by atoms with E-state index in [1.54, 1.807) is 0 Å². The van der Waals surface area contributed by atoms with Gasteiger partial charge in [0.15, 0.2) is 0 Å². The molecule has 1 aromatic heterocycles. The molecule has 0 N–H and O–H groups in total. The van der Waals surface area contributed by atoms with Gasteiger partial charge in [-0.1, -0.05) is 87.0 Å². The van der Waals surface area contributed by atoms with Crippen molar-refractivity contribution in [3.05, 3.63) is 88.7 Å². The summed E-state index contributed by atoms with van der Waals surface area (Å²) in [5, 5.41) is 0.780. The molecule has 0 fully saturated rings. The van der Waals surface area contributed by atoms with Crippen molar-refractivity contribution >= 4 is 17.2 Å². The Labute approximate surface area is 171 Å². The van der Waals surface area contributed by atoms with Crippen molar-refractivity contribution in [1.29, 1.82) is 0 Å². The normalized spacial score (nSPS) is 19.3. The van der Waals surface area contributed by atoms with Crippen LogP contribution in [0.2, 0.25) is 5.02 Å². The van der Waals surface area contributed by atoms with Crippen LogP contribution in [-0.2, 0) is 5.41 Å². The topological polar surface area (TPSA) is 13.1 Å². The van der Waals surface area contributed by atoms with Gasteiger partial charge in [0.25, 0.3) is 0 Å². The van der Waals surface area contributed by atoms with Crippen molar-refractivity contribution in [2.75, 3.05) is 0 Å². The summed E-state index contributed by atoms with van der Waals surface area (Å²) >= 11 is 6.38. The number of benzene rings is 2. The highest BCUT2D eigenvalue weighted by atomic mass is 35.5. The van der Waals surface area contributed by atoms with Crippen LogP contribution in [0.15, 0.2) is 71.2 Å². The van der Waals surface area contributed by atoms with Crippen molar-refractivity contribution in [1.82, 2.24) is 0 Å². The van der Waals surface area contributed by atoms with Crippen molar-refractivity contribution in [2.24, 2.45) is 5.92 Å². The van der Waals surface area contributed by atoms with Crippen LogP contribution in [0.1, 0.15) is 44.1 Å². The maximum absolute atomic E-state index is 6.62. The summed E-state index contributed by atoms with van der Waals surface area (Å²) in [6, 6.07) is 16.7. The zero-order valence-corrected chi connectivity index (χ0v) is 17.2. The molecule has 0 aliphatic heterocycles. The predicted octanol–water partition coefficient (Wildman–Crippen LogP) is 7.89. The second kappa shape index (κ2) is 6.25. The summed E-state index contributed by atoms with van der Waals surface area (Å²) < 4.78 is 6.62. The SMILES string of the molecule is CC1C=CC(c2oc(-c3ccccc3)c3c2-c2ccc(Cl)cc2C3(C)C)=CC1. The van der Waals surface area contributed by atoms with E-state index in [9.17, 15) is 0 Å². The number of hydrogen-bond acceptors (Lipinski definition) is 1. The maximum atomic E-state index is 6.62. The number of fused-ring (bicyclic) bond motifs is 3. The average molecular weight is 387 g/mol. The zero-order valence-electron chi connectivity index (χ0n) is 16.4. The van der Waals surface area contributed by atoms with E-state index < -0.39 is 0 Å². The molecule has 0 amide bonds. The lowest BCUT2D eigenvalue weighted by Crippen LogP contribution is -2.15. The summed E-state index contributed by atoms with van der Waals surface area (Å²) in [7, 11) is 0. The number of hydrogen-bond donors (Lipinski definition) is 0. The molecule has 0 radical (unpaired) electrons. The van der Waals surface area contributed by atoms with Crippen molar-refractivity contribution in [3.63, 3.8) is 0 Å². The van der Waals surface area contributed by atoms with E-state index >= 15 is 0 Å². The highest BCUT2D eigenvalue weighted by Crippen LogP contribution is 2.56. The lowest BCUT2D eigenvalue weighted by atomic mass is 9.81. The van der Waals surface area contributed by atoms with E-state index in [2.05, 4.69) is 75.4 Å². The van der Waals surface area contributed by atoms with Gasteiger partial charge in [-0.2, -0.15) is 0 Å². The molecule has 2 aliphatic carbocycles. The monoisotopic (exact) mass is 386 g/mol. The van der Waals surface area contributed by atoms with Crippen LogP contribution in [0, 0.1) is 5.92 Å². The van der Waals surface area contributed by atoms with Crippen LogP contribution in [0.3, 0.4) is 0 Å². The molecule has 0 saturated carbocycles. The standard InChI is InChI=1S/C26H23ClO/c1-16-9-11-18(12-10-16)24-22-20-14-13-19(27)15-21(20)26(2,3)23(22)25(28-24)17-7-5-4-6-8-17/h4-9,11-16H,10H2,1-3H3. The Bertz CT molecular complexity index is 1130. The Balaban J connectivity index is 1.82. The third-order valence-electron chi connectivity index (χ3n) is 6.07. The third kappa shape index (κ3) is 2.53. The van der Waals surface area contributed by atoms with Gasteiger partial charge in [-0.05, 0) is 35.6 Å². The van der Waals surface area contributed by atoms with Gasteiger partial charge in [0.2, 0.25) is 0 Å². The Hall–Kier alpha value is -2.51. The van der Waals surface area contributed by atoms with Gasteiger partial charge in [0, 0.05) is 32.7 Å². The van der Waals surface area contributed by atoms with E-state index in [0.29, 0.717) is 5.92 Å². The lowest BCUT2D eigenvalue weighted by molar-refractivity contribution is 0.552. The number of rotatable bonds is 2. The summed E-state index contributed by atoms with van der Waals surface area (Å²) in [4.78, 5) is 0. The van der Waals surface area contributed by atoms with Crippen LogP contribution in [0.4, 0.5) is 0 Å². The van der Waals surface area contributed by atoms with E-state index in [-0.39, 0.29) is 5.41 Å². The predicted molar refractivity (Wildman–Crippen MR) is 118 cm³/mol. The lowest BCUT2D eigenvalue weighted by Gasteiger charge is -2.22. The molecular weight excluding hydrogens is 364 g/mol. The van der Waals surface area contributed by atoms with Crippen LogP contribution < -0.4 is 0 Å². The number of allylic oxidation sites excluding steroid dienone is 4. The van der Waals surface area contributed by atoms with Crippen LogP contribution >= 0.6 is 11.6 Å². The first-order chi connectivity index (χ1) is 13.5. The van der Waals surface area contributed by atoms with E-state index in [4.69, 9.17) is 16.0 Å². The molecule has 1 unspecified atom stereocenters. The zero-order chi connectivity index (χ0) is 19.5. The molecule has 3 aromatic rings. The summed E-state index contributed by atoms with van der Waals surface area (Å²) in [5.74, 6) is 2.52. The highest BCUT2D eigenvalue weighted by molar-refractivity contribution is 6.30. The molecule has 1 nitrogen and oxygen atoms in total. The molecule has 0 bridgehead atoms. The molecular formula is C26H23ClO. The fourth-order valence-electron chi connectivity index (χ4n) is 4.56. The van der Waals surface area contributed by atoms with Crippen molar-refractivity contribution in [2.45, 2.75) is 32.6 Å². The van der Waals surface area contributed by atoms with E-state index in [1.807, 2.05) is 12.1 Å². The molecule has 0 saturated heterocycles. The highest BCUT2D eigenvalue weighted by Gasteiger charge is 2.43. The maximum Gasteiger partial charge on any atom is 0.142 e. The molecule has 5 rings (SSSR count). The van der Waals surface area contributed by atoms with Gasteiger partial charge in [0.1, 0.15) is 11.5 Å². The largest absolute Gasteiger partial charge is 0.455 e. The van der Waals surface area contributed by atoms with E-state index in [0.717, 1.165) is 28.5 Å². The van der Waals surface area contributed by atoms with Crippen LogP contribution in [0.5, 0.6) is 0 Å². The van der Waals surface area contributed by atoms with Gasteiger partial charge in [-0.15, -0.1) is 0 Å². The molecule has 140 valence electrons. The molecule has 1 heterocycles. The van der Waals surface area contributed by atoms with Crippen molar-refractivity contribution < 1.29 is 4.42 Å². The van der Waals surface area contributed by atoms with Gasteiger partial charge < -0.3 is 4.42 Å². The Kier molecular flexibility index (Phi) is 3.93. The van der Waals surface area contributed by atoms with E-state index in [1.165, 1.54) is 27.8 Å². The molecule has 2 aromatic carbocycles. The summed E-state index contributed by atoms with van der Waals surface area (Å²) in [6.07, 6.45) is 7.83. The summed E-state index contributed by atoms with van der Waals surface area (Å²) in [5.41, 5.74) is 7.11. The minimum Gasteiger partial charge on any atom is -0.455 e. The van der Waals surface area contributed by atoms with Crippen LogP contribution in [-0.4, -0.2) is 0 Å². The second-order valence-corrected chi connectivity index (χ2v) is 8.86. The van der Waals surface area contributed by atoms with Gasteiger partial charge in [0.05, 0.1) is 0 Å². The number of halogens is 1. The molecule has 2 heteroatoms. The van der Waals surface area contributed by atoms with Gasteiger partial charge >= 0.3 is 0 Å². The quantitative estimate of drug-likeness (QED) is 0.436. The summed E-state index contributed by atoms with van der Waals surface area (Å²) in [6.45, 7) is 6.78. The number of furan rings is 1. The molecule has 0 spiro atoms. The fraction of sp³-hybridized carbons (Fsp3) is 0.231. The first-order valence-corrected chi connectivity index (χ1v) is 10.3. The molecule has 2 aliphatic rings. The average Bonchev–Trinajstić information content (AvgIpc) is 3.19. The third-order valence-corrected chi connectivity index (χ3v) is 6.30. The Morgan fingerprint density at radius 3 is 2.54 bits per heavy atom. The van der Waals surface area contributed by atoms with Crippen molar-refractivity contribution in [3.8, 4) is 22.5 Å². The van der Waals surface area contributed by atoms with Crippen LogP contribution in [0.25, 0.3) is 28.0 Å². The van der Waals surface area contributed by atoms with Gasteiger partial charge in [-0.3, -0.25) is 0 Å². The Morgan fingerprint density at radius 2 is 1.82 bits per heavy atom.